The van der Waals surface area contributed by atoms with Crippen LogP contribution in [0.2, 0.25) is 0 Å². The molecule has 7 nitrogen and oxygen atoms in total. The van der Waals surface area contributed by atoms with Crippen LogP contribution in [0.3, 0.4) is 0 Å². The minimum absolute atomic E-state index is 0.177. The van der Waals surface area contributed by atoms with Gasteiger partial charge in [0.1, 0.15) is 17.1 Å². The molecular formula is C17H15N5O2S. The lowest BCUT2D eigenvalue weighted by Gasteiger charge is -2.08. The average molecular weight is 353 g/mol. The minimum atomic E-state index is -0.522. The first kappa shape index (κ1) is 15.4. The summed E-state index contributed by atoms with van der Waals surface area (Å²) in [5.74, 6) is 0.689. The van der Waals surface area contributed by atoms with Crippen LogP contribution in [0, 0.1) is 0 Å². The molecule has 25 heavy (non-hydrogen) atoms. The smallest absolute Gasteiger partial charge is 0.255 e. The number of primary amides is 1. The molecule has 0 spiro atoms. The molecule has 1 amide bonds. The summed E-state index contributed by atoms with van der Waals surface area (Å²) in [5.41, 5.74) is 7.54. The van der Waals surface area contributed by atoms with E-state index in [1.54, 1.807) is 23.6 Å². The van der Waals surface area contributed by atoms with Crippen LogP contribution >= 0.6 is 11.3 Å². The van der Waals surface area contributed by atoms with Gasteiger partial charge in [0, 0.05) is 4.88 Å². The number of ether oxygens (including phenoxy) is 1. The van der Waals surface area contributed by atoms with Crippen LogP contribution in [0.5, 0.6) is 5.75 Å². The molecule has 3 aromatic heterocycles. The highest BCUT2D eigenvalue weighted by molar-refractivity contribution is 7.09. The molecule has 0 fully saturated rings. The molecule has 126 valence electrons. The summed E-state index contributed by atoms with van der Waals surface area (Å²) in [5, 5.41) is 6.42. The number of nitrogens with one attached hydrogen (secondary N) is 1. The van der Waals surface area contributed by atoms with Gasteiger partial charge in [0.15, 0.2) is 12.3 Å². The number of hydrogen-bond donors (Lipinski definition) is 2. The Morgan fingerprint density at radius 1 is 1.28 bits per heavy atom. The van der Waals surface area contributed by atoms with Crippen LogP contribution in [0.15, 0.2) is 48.0 Å². The lowest BCUT2D eigenvalue weighted by atomic mass is 10.2. The second-order valence-electron chi connectivity index (χ2n) is 5.46. The van der Waals surface area contributed by atoms with Crippen LogP contribution in [-0.4, -0.2) is 32.3 Å². The maximum Gasteiger partial charge on any atom is 0.255 e. The van der Waals surface area contributed by atoms with Gasteiger partial charge >= 0.3 is 0 Å². The molecular weight excluding hydrogens is 338 g/mol. The van der Waals surface area contributed by atoms with Crippen molar-refractivity contribution in [1.29, 1.82) is 0 Å². The molecule has 4 aromatic rings. The van der Waals surface area contributed by atoms with E-state index in [0.29, 0.717) is 18.1 Å². The Morgan fingerprint density at radius 3 is 2.96 bits per heavy atom. The number of thiophene rings is 1. The first-order valence-corrected chi connectivity index (χ1v) is 8.53. The number of hydrogen-bond acceptors (Lipinski definition) is 5. The number of nitrogens with two attached hydrogens (primary N) is 1. The number of rotatable bonds is 6. The Bertz CT molecular complexity index is 1020. The molecule has 0 aliphatic carbocycles. The Kier molecular flexibility index (Phi) is 3.95. The number of imidazole rings is 1. The maximum atomic E-state index is 11.0. The number of aromatic amines is 1. The van der Waals surface area contributed by atoms with E-state index in [9.17, 15) is 4.79 Å². The number of H-pyrrole nitrogens is 1. The normalized spacial score (nSPS) is 11.0. The molecule has 0 saturated heterocycles. The summed E-state index contributed by atoms with van der Waals surface area (Å²) >= 11 is 1.68. The fourth-order valence-corrected chi connectivity index (χ4v) is 3.26. The molecule has 0 unspecified atom stereocenters. The molecule has 0 aliphatic heterocycles. The zero-order chi connectivity index (χ0) is 17.2. The third-order valence-corrected chi connectivity index (χ3v) is 4.54. The lowest BCUT2D eigenvalue weighted by molar-refractivity contribution is -0.119. The standard InChI is InChI=1S/C17H15N5O2S/c18-15(23)10-24-14-6-2-1-5-12(14)16-20-13-8-19-22(17(13)21-16)9-11-4-3-7-25-11/h1-8H,9-10H2,(H2,18,23)(H,20,21). The first-order chi connectivity index (χ1) is 12.2. The van der Waals surface area contributed by atoms with Crippen molar-refractivity contribution in [3.63, 3.8) is 0 Å². The van der Waals surface area contributed by atoms with Gasteiger partial charge in [-0.05, 0) is 23.6 Å². The Morgan fingerprint density at radius 2 is 2.16 bits per heavy atom. The monoisotopic (exact) mass is 353 g/mol. The molecule has 0 saturated carbocycles. The number of carbonyl (C=O) groups is 1. The molecule has 3 N–H and O–H groups in total. The third kappa shape index (κ3) is 3.11. The number of para-hydroxylation sites is 1. The molecule has 0 atom stereocenters. The molecule has 0 radical (unpaired) electrons. The largest absolute Gasteiger partial charge is 0.483 e. The van der Waals surface area contributed by atoms with E-state index in [1.807, 2.05) is 34.3 Å². The summed E-state index contributed by atoms with van der Waals surface area (Å²) in [6.45, 7) is 0.495. The molecule has 0 bridgehead atoms. The Hall–Kier alpha value is -3.13. The molecule has 1 aromatic carbocycles. The first-order valence-electron chi connectivity index (χ1n) is 7.65. The summed E-state index contributed by atoms with van der Waals surface area (Å²) in [4.78, 5) is 20.1. The van der Waals surface area contributed by atoms with Crippen molar-refractivity contribution in [2.45, 2.75) is 6.54 Å². The molecule has 0 aliphatic rings. The van der Waals surface area contributed by atoms with Crippen molar-refractivity contribution < 1.29 is 9.53 Å². The third-order valence-electron chi connectivity index (χ3n) is 3.68. The van der Waals surface area contributed by atoms with Gasteiger partial charge in [-0.15, -0.1) is 11.3 Å². The van der Waals surface area contributed by atoms with Crippen LogP contribution < -0.4 is 10.5 Å². The van der Waals surface area contributed by atoms with E-state index in [2.05, 4.69) is 21.1 Å². The van der Waals surface area contributed by atoms with E-state index in [0.717, 1.165) is 16.7 Å². The van der Waals surface area contributed by atoms with Crippen molar-refractivity contribution in [1.82, 2.24) is 19.7 Å². The predicted molar refractivity (Wildman–Crippen MR) is 95.4 cm³/mol. The molecule has 3 heterocycles. The van der Waals surface area contributed by atoms with Gasteiger partial charge in [-0.3, -0.25) is 4.79 Å². The number of carbonyl (C=O) groups excluding carboxylic acids is 1. The van der Waals surface area contributed by atoms with Crippen molar-refractivity contribution >= 4 is 28.4 Å². The number of benzene rings is 1. The van der Waals surface area contributed by atoms with Crippen LogP contribution in [-0.2, 0) is 11.3 Å². The highest BCUT2D eigenvalue weighted by Crippen LogP contribution is 2.29. The minimum Gasteiger partial charge on any atom is -0.483 e. The van der Waals surface area contributed by atoms with Gasteiger partial charge in [-0.1, -0.05) is 18.2 Å². The van der Waals surface area contributed by atoms with Gasteiger partial charge < -0.3 is 15.5 Å². The lowest BCUT2D eigenvalue weighted by Crippen LogP contribution is -2.20. The summed E-state index contributed by atoms with van der Waals surface area (Å²) in [6, 6.07) is 11.5. The van der Waals surface area contributed by atoms with Crippen molar-refractivity contribution in [2.24, 2.45) is 5.73 Å². The van der Waals surface area contributed by atoms with Crippen molar-refractivity contribution in [2.75, 3.05) is 6.61 Å². The van der Waals surface area contributed by atoms with Gasteiger partial charge in [-0.25, -0.2) is 9.67 Å². The summed E-state index contributed by atoms with van der Waals surface area (Å²) < 4.78 is 7.34. The van der Waals surface area contributed by atoms with Gasteiger partial charge in [-0.2, -0.15) is 5.10 Å². The summed E-state index contributed by atoms with van der Waals surface area (Å²) in [6.07, 6.45) is 1.76. The number of amides is 1. The van der Waals surface area contributed by atoms with Gasteiger partial charge in [0.2, 0.25) is 0 Å². The SMILES string of the molecule is NC(=O)COc1ccccc1-c1nc2c(cnn2Cc2cccs2)[nH]1. The van der Waals surface area contributed by atoms with E-state index < -0.39 is 5.91 Å². The Labute approximate surface area is 147 Å². The number of nitrogens with zero attached hydrogens (tertiary/aromatic N) is 3. The number of aromatic nitrogens is 4. The van der Waals surface area contributed by atoms with Crippen LogP contribution in [0.4, 0.5) is 0 Å². The van der Waals surface area contributed by atoms with E-state index >= 15 is 0 Å². The average Bonchev–Trinajstić information content (AvgIpc) is 3.32. The van der Waals surface area contributed by atoms with Gasteiger partial charge in [0.05, 0.1) is 18.3 Å². The zero-order valence-corrected chi connectivity index (χ0v) is 14.0. The quantitative estimate of drug-likeness (QED) is 0.556. The molecule has 4 rings (SSSR count). The Balaban J connectivity index is 1.68. The predicted octanol–water partition coefficient (Wildman–Crippen LogP) is 2.40. The van der Waals surface area contributed by atoms with Crippen molar-refractivity contribution in [3.8, 4) is 17.1 Å². The van der Waals surface area contributed by atoms with E-state index in [4.69, 9.17) is 10.5 Å². The fourth-order valence-electron chi connectivity index (χ4n) is 2.58. The molecule has 8 heteroatoms. The maximum absolute atomic E-state index is 11.0. The highest BCUT2D eigenvalue weighted by atomic mass is 32.1. The second-order valence-corrected chi connectivity index (χ2v) is 6.49. The van der Waals surface area contributed by atoms with E-state index in [-0.39, 0.29) is 6.61 Å². The zero-order valence-electron chi connectivity index (χ0n) is 13.2. The second kappa shape index (κ2) is 6.40. The number of fused-ring (bicyclic) bond motifs is 1. The topological polar surface area (TPSA) is 98.8 Å². The summed E-state index contributed by atoms with van der Waals surface area (Å²) in [7, 11) is 0. The van der Waals surface area contributed by atoms with Gasteiger partial charge in [0.25, 0.3) is 5.91 Å². The fraction of sp³-hybridized carbons (Fsp3) is 0.118. The highest BCUT2D eigenvalue weighted by Gasteiger charge is 2.14. The van der Waals surface area contributed by atoms with Crippen molar-refractivity contribution in [3.05, 3.63) is 52.9 Å². The van der Waals surface area contributed by atoms with Crippen LogP contribution in [0.25, 0.3) is 22.6 Å². The van der Waals surface area contributed by atoms with E-state index in [1.165, 1.54) is 4.88 Å². The van der Waals surface area contributed by atoms with Crippen LogP contribution in [0.1, 0.15) is 4.88 Å².